The van der Waals surface area contributed by atoms with Crippen molar-refractivity contribution in [3.05, 3.63) is 35.4 Å². The lowest BCUT2D eigenvalue weighted by Gasteiger charge is -2.30. The Hall–Kier alpha value is -1.48. The molecule has 0 radical (unpaired) electrons. The molecule has 0 saturated carbocycles. The van der Waals surface area contributed by atoms with E-state index in [1.54, 1.807) is 24.3 Å². The van der Waals surface area contributed by atoms with Gasteiger partial charge in [0.15, 0.2) is 0 Å². The predicted molar refractivity (Wildman–Crippen MR) is 77.7 cm³/mol. The molecule has 1 saturated heterocycles. The topological polar surface area (TPSA) is 92.9 Å². The van der Waals surface area contributed by atoms with Crippen LogP contribution in [0.4, 0.5) is 0 Å². The molecule has 1 aliphatic heterocycles. The maximum Gasteiger partial charge on any atom is 0.282 e. The lowest BCUT2D eigenvalue weighted by Crippen LogP contribution is -2.47. The van der Waals surface area contributed by atoms with Gasteiger partial charge < -0.3 is 10.5 Å². The molecule has 0 atom stereocenters. The third-order valence-corrected chi connectivity index (χ3v) is 5.27. The van der Waals surface area contributed by atoms with E-state index in [0.29, 0.717) is 31.9 Å². The van der Waals surface area contributed by atoms with Crippen LogP contribution in [0.1, 0.15) is 15.9 Å². The number of hydrogen-bond donors (Lipinski definition) is 1. The quantitative estimate of drug-likeness (QED) is 0.814. The Labute approximate surface area is 124 Å². The van der Waals surface area contributed by atoms with Crippen LogP contribution in [0.5, 0.6) is 0 Å². The molecule has 1 heterocycles. The highest BCUT2D eigenvalue weighted by Gasteiger charge is 2.28. The van der Waals surface area contributed by atoms with E-state index >= 15 is 0 Å². The highest BCUT2D eigenvalue weighted by Crippen LogP contribution is 2.13. The molecule has 0 unspecified atom stereocenters. The van der Waals surface area contributed by atoms with E-state index < -0.39 is 16.1 Å². The SMILES string of the molecule is CN(Cc1ccc(C(N)=O)cc1)S(=O)(=O)N1CCOCC1. The molecule has 116 valence electrons. The zero-order chi connectivity index (χ0) is 15.5. The highest BCUT2D eigenvalue weighted by atomic mass is 32.2. The number of nitrogens with two attached hydrogens (primary N) is 1. The summed E-state index contributed by atoms with van der Waals surface area (Å²) in [6.45, 7) is 1.81. The van der Waals surface area contributed by atoms with Gasteiger partial charge in [0.25, 0.3) is 10.2 Å². The molecule has 2 rings (SSSR count). The first-order valence-corrected chi connectivity index (χ1v) is 7.99. The maximum absolute atomic E-state index is 12.4. The fraction of sp³-hybridized carbons (Fsp3) is 0.462. The summed E-state index contributed by atoms with van der Waals surface area (Å²) < 4.78 is 32.6. The first-order chi connectivity index (χ1) is 9.91. The fourth-order valence-corrected chi connectivity index (χ4v) is 3.40. The molecule has 1 aromatic carbocycles. The van der Waals surface area contributed by atoms with Crippen LogP contribution in [0.2, 0.25) is 0 Å². The van der Waals surface area contributed by atoms with E-state index in [0.717, 1.165) is 5.56 Å². The Kier molecular flexibility index (Phi) is 4.94. The van der Waals surface area contributed by atoms with Gasteiger partial charge in [0.1, 0.15) is 0 Å². The van der Waals surface area contributed by atoms with E-state index in [9.17, 15) is 13.2 Å². The minimum Gasteiger partial charge on any atom is -0.379 e. The number of hydrogen-bond acceptors (Lipinski definition) is 4. The molecule has 0 aliphatic carbocycles. The molecule has 1 aliphatic rings. The summed E-state index contributed by atoms with van der Waals surface area (Å²) in [7, 11) is -1.96. The second kappa shape index (κ2) is 6.52. The van der Waals surface area contributed by atoms with Crippen molar-refractivity contribution in [2.45, 2.75) is 6.54 Å². The minimum absolute atomic E-state index is 0.235. The molecule has 2 N–H and O–H groups in total. The highest BCUT2D eigenvalue weighted by molar-refractivity contribution is 7.86. The first kappa shape index (κ1) is 15.9. The molecule has 1 fully saturated rings. The molecular formula is C13H19N3O4S. The number of carbonyl (C=O) groups is 1. The van der Waals surface area contributed by atoms with E-state index in [1.807, 2.05) is 0 Å². The summed E-state index contributed by atoms with van der Waals surface area (Å²) in [5.41, 5.74) is 6.36. The van der Waals surface area contributed by atoms with E-state index in [2.05, 4.69) is 0 Å². The van der Waals surface area contributed by atoms with Crippen molar-refractivity contribution in [3.8, 4) is 0 Å². The van der Waals surface area contributed by atoms with Crippen molar-refractivity contribution in [1.82, 2.24) is 8.61 Å². The third-order valence-electron chi connectivity index (χ3n) is 3.33. The van der Waals surface area contributed by atoms with E-state index in [1.165, 1.54) is 15.7 Å². The molecule has 21 heavy (non-hydrogen) atoms. The second-order valence-electron chi connectivity index (χ2n) is 4.84. The number of benzene rings is 1. The Morgan fingerprint density at radius 1 is 1.29 bits per heavy atom. The van der Waals surface area contributed by atoms with Gasteiger partial charge in [-0.2, -0.15) is 17.0 Å². The Balaban J connectivity index is 2.05. The summed E-state index contributed by atoms with van der Waals surface area (Å²) in [5.74, 6) is -0.504. The lowest BCUT2D eigenvalue weighted by molar-refractivity contribution is 0.0705. The van der Waals surface area contributed by atoms with Crippen LogP contribution in [0.3, 0.4) is 0 Å². The average Bonchev–Trinajstić information content (AvgIpc) is 2.48. The maximum atomic E-state index is 12.4. The van der Waals surface area contributed by atoms with Gasteiger partial charge >= 0.3 is 0 Å². The van der Waals surface area contributed by atoms with Crippen LogP contribution in [0.25, 0.3) is 0 Å². The number of carbonyl (C=O) groups excluding carboxylic acids is 1. The average molecular weight is 313 g/mol. The Morgan fingerprint density at radius 3 is 2.38 bits per heavy atom. The number of ether oxygens (including phenoxy) is 1. The fourth-order valence-electron chi connectivity index (χ4n) is 2.09. The largest absolute Gasteiger partial charge is 0.379 e. The number of amides is 1. The number of nitrogens with zero attached hydrogens (tertiary/aromatic N) is 2. The van der Waals surface area contributed by atoms with Crippen LogP contribution in [0.15, 0.2) is 24.3 Å². The molecule has 0 spiro atoms. The Morgan fingerprint density at radius 2 is 1.86 bits per heavy atom. The number of primary amides is 1. The third kappa shape index (κ3) is 3.79. The van der Waals surface area contributed by atoms with Gasteiger partial charge in [-0.3, -0.25) is 4.79 Å². The van der Waals surface area contributed by atoms with Crippen LogP contribution < -0.4 is 5.73 Å². The normalized spacial score (nSPS) is 17.0. The molecule has 1 aromatic rings. The molecule has 7 nitrogen and oxygen atoms in total. The zero-order valence-electron chi connectivity index (χ0n) is 11.9. The van der Waals surface area contributed by atoms with Crippen molar-refractivity contribution in [2.75, 3.05) is 33.4 Å². The second-order valence-corrected chi connectivity index (χ2v) is 6.87. The molecule has 8 heteroatoms. The summed E-state index contributed by atoms with van der Waals surface area (Å²) in [4.78, 5) is 11.0. The van der Waals surface area contributed by atoms with E-state index in [4.69, 9.17) is 10.5 Å². The van der Waals surface area contributed by atoms with Crippen LogP contribution in [-0.4, -0.2) is 56.3 Å². The number of morpholine rings is 1. The van der Waals surface area contributed by atoms with Gasteiger partial charge in [-0.15, -0.1) is 0 Å². The van der Waals surface area contributed by atoms with Crippen molar-refractivity contribution in [1.29, 1.82) is 0 Å². The van der Waals surface area contributed by atoms with Crippen molar-refractivity contribution in [3.63, 3.8) is 0 Å². The summed E-state index contributed by atoms with van der Waals surface area (Å²) in [6, 6.07) is 6.58. The molecular weight excluding hydrogens is 294 g/mol. The Bertz CT molecular complexity index is 594. The predicted octanol–water partition coefficient (Wildman–Crippen LogP) is -0.206. The summed E-state index contributed by atoms with van der Waals surface area (Å²) >= 11 is 0. The van der Waals surface area contributed by atoms with Crippen LogP contribution in [-0.2, 0) is 21.5 Å². The van der Waals surface area contributed by atoms with Crippen molar-refractivity contribution < 1.29 is 17.9 Å². The summed E-state index contributed by atoms with van der Waals surface area (Å²) in [6.07, 6.45) is 0. The molecule has 0 aromatic heterocycles. The molecule has 0 bridgehead atoms. The monoisotopic (exact) mass is 313 g/mol. The van der Waals surface area contributed by atoms with Crippen molar-refractivity contribution >= 4 is 16.1 Å². The van der Waals surface area contributed by atoms with Gasteiger partial charge in [0.05, 0.1) is 13.2 Å². The minimum atomic E-state index is -3.49. The van der Waals surface area contributed by atoms with Crippen molar-refractivity contribution in [2.24, 2.45) is 5.73 Å². The standard InChI is InChI=1S/C13H19N3O4S/c1-15(21(18,19)16-6-8-20-9-7-16)10-11-2-4-12(5-3-11)13(14)17/h2-5H,6-10H2,1H3,(H2,14,17). The van der Waals surface area contributed by atoms with Gasteiger partial charge in [-0.1, -0.05) is 12.1 Å². The summed E-state index contributed by atoms with van der Waals surface area (Å²) in [5, 5.41) is 0. The molecule has 1 amide bonds. The van der Waals surface area contributed by atoms with Gasteiger partial charge in [0.2, 0.25) is 5.91 Å². The number of rotatable bonds is 5. The van der Waals surface area contributed by atoms with Crippen LogP contribution >= 0.6 is 0 Å². The smallest absolute Gasteiger partial charge is 0.282 e. The lowest BCUT2D eigenvalue weighted by atomic mass is 10.1. The first-order valence-electron chi connectivity index (χ1n) is 6.59. The van der Waals surface area contributed by atoms with E-state index in [-0.39, 0.29) is 6.54 Å². The zero-order valence-corrected chi connectivity index (χ0v) is 12.7. The van der Waals surface area contributed by atoms with Gasteiger partial charge in [0, 0.05) is 32.2 Å². The van der Waals surface area contributed by atoms with Gasteiger partial charge in [-0.25, -0.2) is 0 Å². The van der Waals surface area contributed by atoms with Gasteiger partial charge in [-0.05, 0) is 17.7 Å². The van der Waals surface area contributed by atoms with Crippen LogP contribution in [0, 0.1) is 0 Å².